The molecule has 0 saturated heterocycles. The zero-order valence-electron chi connectivity index (χ0n) is 19.1. The van der Waals surface area contributed by atoms with E-state index in [4.69, 9.17) is 4.74 Å². The van der Waals surface area contributed by atoms with Crippen LogP contribution in [0.1, 0.15) is 23.6 Å². The van der Waals surface area contributed by atoms with E-state index in [-0.39, 0.29) is 5.69 Å². The van der Waals surface area contributed by atoms with E-state index < -0.39 is 10.8 Å². The Bertz CT molecular complexity index is 1430. The SMILES string of the molecule is CCOc1ccc(/C=N/N(C(=O)/C=C/c2cccc([N+](=O)[O-])c2)c2nc3ccc(C)cc3s2)cc1. The summed E-state index contributed by atoms with van der Waals surface area (Å²) in [5.41, 5.74) is 3.13. The van der Waals surface area contributed by atoms with Crippen LogP contribution in [0.4, 0.5) is 10.8 Å². The standard InChI is InChI=1S/C26H22N4O4S/c1-3-34-22-11-8-20(9-12-22)17-27-29(26-28-23-13-7-18(2)15-24(23)35-26)25(31)14-10-19-5-4-6-21(16-19)30(32)33/h4-17H,3H2,1-2H3/b14-10+,27-17+. The molecular formula is C26H22N4O4S. The topological polar surface area (TPSA) is 97.9 Å². The van der Waals surface area contributed by atoms with E-state index >= 15 is 0 Å². The van der Waals surface area contributed by atoms with Crippen LogP contribution in [0, 0.1) is 17.0 Å². The quantitative estimate of drug-likeness (QED) is 0.132. The molecule has 1 amide bonds. The summed E-state index contributed by atoms with van der Waals surface area (Å²) in [6, 6.07) is 19.3. The number of amides is 1. The lowest BCUT2D eigenvalue weighted by atomic mass is 10.2. The van der Waals surface area contributed by atoms with Crippen LogP contribution in [0.15, 0.2) is 77.9 Å². The van der Waals surface area contributed by atoms with Gasteiger partial charge in [0.2, 0.25) is 5.13 Å². The molecule has 0 aliphatic heterocycles. The summed E-state index contributed by atoms with van der Waals surface area (Å²) in [5, 5.41) is 17.1. The van der Waals surface area contributed by atoms with Crippen LogP contribution < -0.4 is 9.75 Å². The first kappa shape index (κ1) is 23.8. The maximum Gasteiger partial charge on any atom is 0.273 e. The number of aryl methyl sites for hydroxylation is 1. The number of nitro benzene ring substituents is 1. The molecule has 0 atom stereocenters. The van der Waals surface area contributed by atoms with Gasteiger partial charge < -0.3 is 4.74 Å². The van der Waals surface area contributed by atoms with Crippen LogP contribution in [0.25, 0.3) is 16.3 Å². The molecule has 176 valence electrons. The van der Waals surface area contributed by atoms with Gasteiger partial charge in [0.1, 0.15) is 5.75 Å². The van der Waals surface area contributed by atoms with E-state index in [1.54, 1.807) is 18.3 Å². The molecule has 0 spiro atoms. The predicted octanol–water partition coefficient (Wildman–Crippen LogP) is 5.99. The van der Waals surface area contributed by atoms with Crippen molar-refractivity contribution in [3.05, 3.63) is 99.6 Å². The maximum absolute atomic E-state index is 13.2. The van der Waals surface area contributed by atoms with E-state index in [0.717, 1.165) is 27.1 Å². The molecule has 0 aliphatic rings. The van der Waals surface area contributed by atoms with Gasteiger partial charge in [0, 0.05) is 18.2 Å². The second-order valence-electron chi connectivity index (χ2n) is 7.55. The third-order valence-corrected chi connectivity index (χ3v) is 5.93. The second kappa shape index (κ2) is 10.7. The number of benzene rings is 3. The Morgan fingerprint density at radius 3 is 2.69 bits per heavy atom. The van der Waals surface area contributed by atoms with Crippen molar-refractivity contribution in [1.82, 2.24) is 4.98 Å². The highest BCUT2D eigenvalue weighted by molar-refractivity contribution is 7.22. The van der Waals surface area contributed by atoms with Gasteiger partial charge in [-0.05, 0) is 73.0 Å². The van der Waals surface area contributed by atoms with E-state index in [2.05, 4.69) is 10.1 Å². The number of non-ortho nitro benzene ring substituents is 1. The van der Waals surface area contributed by atoms with Crippen molar-refractivity contribution in [2.45, 2.75) is 13.8 Å². The van der Waals surface area contributed by atoms with Gasteiger partial charge in [-0.2, -0.15) is 10.1 Å². The fraction of sp³-hybridized carbons (Fsp3) is 0.115. The Balaban J connectivity index is 1.65. The molecule has 4 rings (SSSR count). The number of carbonyl (C=O) groups excluding carboxylic acids is 1. The number of ether oxygens (including phenoxy) is 1. The van der Waals surface area contributed by atoms with Crippen molar-refractivity contribution in [3.63, 3.8) is 0 Å². The predicted molar refractivity (Wildman–Crippen MR) is 139 cm³/mol. The van der Waals surface area contributed by atoms with Gasteiger partial charge in [0.15, 0.2) is 0 Å². The van der Waals surface area contributed by atoms with Crippen LogP contribution in [-0.4, -0.2) is 28.6 Å². The molecular weight excluding hydrogens is 464 g/mol. The highest BCUT2D eigenvalue weighted by atomic mass is 32.1. The van der Waals surface area contributed by atoms with Crippen LogP contribution in [0.3, 0.4) is 0 Å². The summed E-state index contributed by atoms with van der Waals surface area (Å²) in [6.45, 7) is 4.48. The summed E-state index contributed by atoms with van der Waals surface area (Å²) in [4.78, 5) is 28.3. The normalized spacial score (nSPS) is 11.4. The van der Waals surface area contributed by atoms with E-state index in [0.29, 0.717) is 17.3 Å². The number of hydrogen-bond acceptors (Lipinski definition) is 7. The summed E-state index contributed by atoms with van der Waals surface area (Å²) < 4.78 is 6.41. The number of nitrogens with zero attached hydrogens (tertiary/aromatic N) is 4. The second-order valence-corrected chi connectivity index (χ2v) is 8.56. The van der Waals surface area contributed by atoms with E-state index in [1.165, 1.54) is 40.6 Å². The summed E-state index contributed by atoms with van der Waals surface area (Å²) >= 11 is 1.36. The van der Waals surface area contributed by atoms with Crippen LogP contribution >= 0.6 is 11.3 Å². The summed E-state index contributed by atoms with van der Waals surface area (Å²) in [7, 11) is 0. The highest BCUT2D eigenvalue weighted by Crippen LogP contribution is 2.30. The van der Waals surface area contributed by atoms with Gasteiger partial charge in [0.05, 0.1) is 28.0 Å². The van der Waals surface area contributed by atoms with Gasteiger partial charge >= 0.3 is 0 Å². The number of fused-ring (bicyclic) bond motifs is 1. The number of aromatic nitrogens is 1. The van der Waals surface area contributed by atoms with Crippen molar-refractivity contribution >= 4 is 50.6 Å². The molecule has 9 heteroatoms. The number of carbonyl (C=O) groups is 1. The minimum Gasteiger partial charge on any atom is -0.494 e. The van der Waals surface area contributed by atoms with E-state index in [1.807, 2.05) is 56.3 Å². The number of anilines is 1. The summed E-state index contributed by atoms with van der Waals surface area (Å²) in [6.07, 6.45) is 4.42. The van der Waals surface area contributed by atoms with Gasteiger partial charge in [-0.25, -0.2) is 4.98 Å². The van der Waals surface area contributed by atoms with E-state index in [9.17, 15) is 14.9 Å². The van der Waals surface area contributed by atoms with Crippen LogP contribution in [0.5, 0.6) is 5.75 Å². The third-order valence-electron chi connectivity index (χ3n) is 4.94. The highest BCUT2D eigenvalue weighted by Gasteiger charge is 2.17. The fourth-order valence-corrected chi connectivity index (χ4v) is 4.26. The molecule has 0 bridgehead atoms. The Kier molecular flexibility index (Phi) is 7.27. The molecule has 8 nitrogen and oxygen atoms in total. The Hall–Kier alpha value is -4.37. The van der Waals surface area contributed by atoms with Crippen molar-refractivity contribution in [3.8, 4) is 5.75 Å². The van der Waals surface area contributed by atoms with Gasteiger partial charge in [-0.15, -0.1) is 0 Å². The fourth-order valence-electron chi connectivity index (χ4n) is 3.23. The lowest BCUT2D eigenvalue weighted by Crippen LogP contribution is -2.23. The number of nitro groups is 1. The first-order chi connectivity index (χ1) is 16.9. The smallest absolute Gasteiger partial charge is 0.273 e. The molecule has 1 heterocycles. The molecule has 1 aromatic heterocycles. The zero-order valence-corrected chi connectivity index (χ0v) is 19.9. The number of hydrogen-bond donors (Lipinski definition) is 0. The first-order valence-electron chi connectivity index (χ1n) is 10.8. The zero-order chi connectivity index (χ0) is 24.8. The molecule has 3 aromatic carbocycles. The lowest BCUT2D eigenvalue weighted by Gasteiger charge is -2.11. The van der Waals surface area contributed by atoms with Gasteiger partial charge in [0.25, 0.3) is 11.6 Å². The monoisotopic (exact) mass is 486 g/mol. The summed E-state index contributed by atoms with van der Waals surface area (Å²) in [5.74, 6) is 0.313. The molecule has 4 aromatic rings. The van der Waals surface area contributed by atoms with Gasteiger partial charge in [-0.1, -0.05) is 29.5 Å². The molecule has 0 radical (unpaired) electrons. The molecule has 0 saturated carbocycles. The van der Waals surface area contributed by atoms with Crippen LogP contribution in [-0.2, 0) is 4.79 Å². The number of rotatable bonds is 8. The lowest BCUT2D eigenvalue weighted by molar-refractivity contribution is -0.384. The largest absolute Gasteiger partial charge is 0.494 e. The minimum absolute atomic E-state index is 0.0495. The first-order valence-corrected chi connectivity index (χ1v) is 11.7. The number of thiazole rings is 1. The van der Waals surface area contributed by atoms with Crippen LogP contribution in [0.2, 0.25) is 0 Å². The molecule has 0 unspecified atom stereocenters. The van der Waals surface area contributed by atoms with Crippen molar-refractivity contribution in [2.24, 2.45) is 5.10 Å². The average molecular weight is 487 g/mol. The Morgan fingerprint density at radius 1 is 1.14 bits per heavy atom. The van der Waals surface area contributed by atoms with Crippen molar-refractivity contribution in [1.29, 1.82) is 0 Å². The Labute approximate surface area is 206 Å². The molecule has 35 heavy (non-hydrogen) atoms. The van der Waals surface area contributed by atoms with Gasteiger partial charge in [-0.3, -0.25) is 14.9 Å². The minimum atomic E-state index is -0.476. The van der Waals surface area contributed by atoms with Crippen molar-refractivity contribution in [2.75, 3.05) is 11.6 Å². The maximum atomic E-state index is 13.2. The Morgan fingerprint density at radius 2 is 1.94 bits per heavy atom. The average Bonchev–Trinajstić information content (AvgIpc) is 3.27. The molecule has 0 fully saturated rings. The third kappa shape index (κ3) is 5.96. The molecule has 0 aliphatic carbocycles. The molecule has 0 N–H and O–H groups in total. The number of hydrazone groups is 1. The van der Waals surface area contributed by atoms with Crippen molar-refractivity contribution < 1.29 is 14.5 Å².